The molecule has 0 atom stereocenters. The van der Waals surface area contributed by atoms with Gasteiger partial charge in [-0.25, -0.2) is 8.42 Å². The molecule has 5 rings (SSSR count). The third kappa shape index (κ3) is 14.4. The maximum atomic E-state index is 14.2. The first kappa shape index (κ1) is 60.0. The quantitative estimate of drug-likeness (QED) is 0.0673. The summed E-state index contributed by atoms with van der Waals surface area (Å²) in [7, 11) is -3.21. The minimum Gasteiger partial charge on any atom is -0.289 e. The van der Waals surface area contributed by atoms with E-state index in [1.165, 1.54) is 12.1 Å². The zero-order chi connectivity index (χ0) is 56.3. The smallest absolute Gasteiger partial charge is 0.289 e. The Bertz CT molecular complexity index is 2520. The van der Waals surface area contributed by atoms with Crippen molar-refractivity contribution >= 4 is 54.5 Å². The number of rotatable bonds is 8. The second kappa shape index (κ2) is 20.0. The van der Waals surface area contributed by atoms with Gasteiger partial charge in [0.05, 0.1) is 61.9 Å². The molecule has 0 radical (unpaired) electrons. The molecular formula is C43H27BF24O3S2. The Morgan fingerprint density at radius 2 is 0.616 bits per heavy atom. The van der Waals surface area contributed by atoms with Crippen LogP contribution in [0.3, 0.4) is 0 Å². The molecule has 0 bridgehead atoms. The summed E-state index contributed by atoms with van der Waals surface area (Å²) >= 11 is 0. The molecule has 0 aromatic heterocycles. The van der Waals surface area contributed by atoms with Crippen molar-refractivity contribution in [2.75, 3.05) is 24.5 Å². The van der Waals surface area contributed by atoms with Crippen LogP contribution in [0, 0.1) is 0 Å². The Kier molecular flexibility index (Phi) is 16.4. The van der Waals surface area contributed by atoms with Gasteiger partial charge in [0.1, 0.15) is 6.15 Å². The molecule has 0 amide bonds. The highest BCUT2D eigenvalue weighted by molar-refractivity contribution is 7.96. The van der Waals surface area contributed by atoms with Gasteiger partial charge in [-0.15, -0.1) is 0 Å². The van der Waals surface area contributed by atoms with Crippen LogP contribution in [-0.2, 0) is 70.1 Å². The monoisotopic (exact) mass is 1120 g/mol. The maximum absolute atomic E-state index is 14.2. The highest BCUT2D eigenvalue weighted by atomic mass is 32.2. The normalized spacial score (nSPS) is 13.8. The van der Waals surface area contributed by atoms with Crippen LogP contribution in [0.25, 0.3) is 0 Å². The predicted molar refractivity (Wildman–Crippen MR) is 218 cm³/mol. The van der Waals surface area contributed by atoms with Gasteiger partial charge in [-0.2, -0.15) is 127 Å². The molecule has 73 heavy (non-hydrogen) atoms. The van der Waals surface area contributed by atoms with Crippen molar-refractivity contribution in [3.63, 3.8) is 0 Å². The van der Waals surface area contributed by atoms with Crippen molar-refractivity contribution in [2.24, 2.45) is 0 Å². The van der Waals surface area contributed by atoms with Gasteiger partial charge < -0.3 is 0 Å². The number of hydrogen-bond donors (Lipinski definition) is 0. The van der Waals surface area contributed by atoms with E-state index in [0.29, 0.717) is 11.3 Å². The van der Waals surface area contributed by atoms with Crippen LogP contribution in [0.5, 0.6) is 0 Å². The Hall–Kier alpha value is -5.55. The lowest BCUT2D eigenvalue weighted by atomic mass is 9.12. The zero-order valence-electron chi connectivity index (χ0n) is 36.1. The van der Waals surface area contributed by atoms with Crippen molar-refractivity contribution in [2.45, 2.75) is 54.3 Å². The molecule has 400 valence electrons. The van der Waals surface area contributed by atoms with Gasteiger partial charge in [-0.3, -0.25) is 4.79 Å². The summed E-state index contributed by atoms with van der Waals surface area (Å²) in [4.78, 5) is 11.9. The van der Waals surface area contributed by atoms with Gasteiger partial charge in [0.15, 0.2) is 15.6 Å². The van der Waals surface area contributed by atoms with E-state index in [2.05, 4.69) is 0 Å². The summed E-state index contributed by atoms with van der Waals surface area (Å²) in [6.07, 6.45) is -49.7. The fraction of sp³-hybridized carbons (Fsp3) is 0.279. The van der Waals surface area contributed by atoms with Crippen LogP contribution in [0.1, 0.15) is 54.9 Å². The molecule has 0 heterocycles. The van der Waals surface area contributed by atoms with Crippen molar-refractivity contribution in [3.8, 4) is 0 Å². The van der Waals surface area contributed by atoms with E-state index in [0.717, 1.165) is 6.26 Å². The lowest BCUT2D eigenvalue weighted by Gasteiger charge is -2.46. The van der Waals surface area contributed by atoms with E-state index < -0.39 is 205 Å². The van der Waals surface area contributed by atoms with E-state index in [1.807, 2.05) is 12.5 Å². The van der Waals surface area contributed by atoms with Crippen LogP contribution in [0.15, 0.2) is 102 Å². The standard InChI is InChI=1S/C32H12BF24.C11H15O3S2/c34-25(35,36)13-1-14(26(37,38)39)6-21(5-13)33(22-7-15(27(40,41)42)2-16(8-22)28(43,44)45,23-9-17(29(46,47)48)3-18(10-23)30(49,50)51)24-11-19(31(52,53)54)4-20(12-24)32(55,56)57;1-15(2)8-11(12)9-5-4-6-10(7-9)16(3,13)14/h1-12H;4-7H,8H2,1-3H3/q-1;+1. The highest BCUT2D eigenvalue weighted by Crippen LogP contribution is 2.41. The predicted octanol–water partition coefficient (Wildman–Crippen LogP) is 12.4. The summed E-state index contributed by atoms with van der Waals surface area (Å²) in [6.45, 7) is 0. The summed E-state index contributed by atoms with van der Waals surface area (Å²) < 4.78 is 363. The molecule has 0 fully saturated rings. The van der Waals surface area contributed by atoms with E-state index >= 15 is 0 Å². The Morgan fingerprint density at radius 3 is 0.795 bits per heavy atom. The van der Waals surface area contributed by atoms with E-state index in [9.17, 15) is 119 Å². The fourth-order valence-corrected chi connectivity index (χ4v) is 8.67. The number of alkyl halides is 24. The number of carbonyl (C=O) groups is 1. The minimum atomic E-state index is -6.13. The van der Waals surface area contributed by atoms with Crippen LogP contribution in [0.2, 0.25) is 0 Å². The van der Waals surface area contributed by atoms with Crippen LogP contribution >= 0.6 is 0 Å². The number of ketones is 1. The zero-order valence-corrected chi connectivity index (χ0v) is 37.8. The molecule has 0 aliphatic rings. The van der Waals surface area contributed by atoms with Gasteiger partial charge in [-0.05, 0) is 47.3 Å². The topological polar surface area (TPSA) is 51.2 Å². The van der Waals surface area contributed by atoms with E-state index in [4.69, 9.17) is 0 Å². The van der Waals surface area contributed by atoms with Gasteiger partial charge in [0.2, 0.25) is 5.78 Å². The number of benzene rings is 5. The minimum absolute atomic E-state index is 0.00108. The van der Waals surface area contributed by atoms with Crippen LogP contribution in [-0.4, -0.2) is 44.9 Å². The number of halogens is 24. The molecule has 3 nitrogen and oxygen atoms in total. The SMILES string of the molecule is C[S+](C)CC(=O)c1cccc(S(C)(=O)=O)c1.FC(F)(F)c1cc([B-](c2cc(C(F)(F)F)cc(C(F)(F)F)c2)(c2cc(C(F)(F)F)cc(C(F)(F)F)c2)c2cc(C(F)(F)F)cc(C(F)(F)F)c2)cc(C(F)(F)F)c1. The summed E-state index contributed by atoms with van der Waals surface area (Å²) in [5.41, 5.74) is -29.7. The summed E-state index contributed by atoms with van der Waals surface area (Å²) in [5.74, 6) is 0.464. The van der Waals surface area contributed by atoms with Gasteiger partial charge >= 0.3 is 49.4 Å². The van der Waals surface area contributed by atoms with Crippen LogP contribution < -0.4 is 21.9 Å². The van der Waals surface area contributed by atoms with Gasteiger partial charge in [-0.1, -0.05) is 60.7 Å². The molecule has 0 saturated carbocycles. The van der Waals surface area contributed by atoms with Crippen LogP contribution in [0.4, 0.5) is 105 Å². The Balaban J connectivity index is 0.000000613. The van der Waals surface area contributed by atoms with Gasteiger partial charge in [0, 0.05) is 11.8 Å². The maximum Gasteiger partial charge on any atom is 0.416 e. The molecule has 0 saturated heterocycles. The average molecular weight is 1120 g/mol. The molecule has 0 aliphatic heterocycles. The van der Waals surface area contributed by atoms with Crippen molar-refractivity contribution < 1.29 is 119 Å². The summed E-state index contributed by atoms with van der Waals surface area (Å²) in [5, 5.41) is 0. The number of carbonyl (C=O) groups excluding carboxylic acids is 1. The van der Waals surface area contributed by atoms with E-state index in [-0.39, 0.29) is 21.6 Å². The van der Waals surface area contributed by atoms with Crippen molar-refractivity contribution in [1.29, 1.82) is 0 Å². The van der Waals surface area contributed by atoms with Crippen molar-refractivity contribution in [1.82, 2.24) is 0 Å². The molecule has 30 heteroatoms. The first-order chi connectivity index (χ1) is 32.6. The second-order valence-electron chi connectivity index (χ2n) is 16.1. The molecule has 0 N–H and O–H groups in total. The van der Waals surface area contributed by atoms with Gasteiger partial charge in [0.25, 0.3) is 0 Å². The third-order valence-corrected chi connectivity index (χ3v) is 12.4. The molecule has 5 aromatic rings. The van der Waals surface area contributed by atoms with E-state index in [1.54, 1.807) is 12.1 Å². The van der Waals surface area contributed by atoms with Crippen molar-refractivity contribution in [3.05, 3.63) is 147 Å². The first-order valence-electron chi connectivity index (χ1n) is 19.3. The number of Topliss-reactive ketones (excluding diaryl/α,β-unsaturated/α-hetero) is 1. The second-order valence-corrected chi connectivity index (χ2v) is 20.4. The number of hydrogen-bond acceptors (Lipinski definition) is 3. The average Bonchev–Trinajstić information content (AvgIpc) is 3.21. The molecule has 0 unspecified atom stereocenters. The summed E-state index contributed by atoms with van der Waals surface area (Å²) in [6, 6.07) is -2.60. The molecule has 0 spiro atoms. The lowest BCUT2D eigenvalue weighted by molar-refractivity contribution is -0.144. The molecule has 0 aliphatic carbocycles. The molecule has 5 aromatic carbocycles. The number of sulfone groups is 1. The Labute approximate surface area is 398 Å². The highest BCUT2D eigenvalue weighted by Gasteiger charge is 2.47. The first-order valence-corrected chi connectivity index (χ1v) is 23.4. The molecular weight excluding hydrogens is 1100 g/mol. The fourth-order valence-electron chi connectivity index (χ4n) is 7.32. The third-order valence-electron chi connectivity index (χ3n) is 10.4. The lowest BCUT2D eigenvalue weighted by Crippen LogP contribution is -2.75. The Morgan fingerprint density at radius 1 is 0.397 bits per heavy atom. The largest absolute Gasteiger partial charge is 0.416 e.